The molecule has 0 unspecified atom stereocenters. The van der Waals surface area contributed by atoms with E-state index in [1.54, 1.807) is 6.07 Å². The van der Waals surface area contributed by atoms with Crippen LogP contribution in [0, 0.1) is 12.8 Å². The van der Waals surface area contributed by atoms with E-state index in [0.717, 1.165) is 22.9 Å². The Labute approximate surface area is 163 Å². The number of fused-ring (bicyclic) bond motifs is 1. The largest absolute Gasteiger partial charge is 0.379 e. The maximum absolute atomic E-state index is 12.7. The number of para-hydroxylation sites is 1. The summed E-state index contributed by atoms with van der Waals surface area (Å²) in [6, 6.07) is 15.6. The molecule has 0 radical (unpaired) electrons. The molecule has 1 N–H and O–H groups in total. The zero-order chi connectivity index (χ0) is 18.8. The fourth-order valence-electron chi connectivity index (χ4n) is 3.63. The van der Waals surface area contributed by atoms with Crippen molar-refractivity contribution in [2.24, 2.45) is 5.92 Å². The number of halogens is 1. The predicted molar refractivity (Wildman–Crippen MR) is 107 cm³/mol. The molecular formula is C22H21ClN2O2. The highest BCUT2D eigenvalue weighted by molar-refractivity contribution is 6.33. The molecule has 0 spiro atoms. The summed E-state index contributed by atoms with van der Waals surface area (Å²) in [5.41, 5.74) is 3.73. The molecule has 1 amide bonds. The van der Waals surface area contributed by atoms with Crippen LogP contribution in [0.1, 0.15) is 21.5 Å². The van der Waals surface area contributed by atoms with E-state index in [9.17, 15) is 4.79 Å². The van der Waals surface area contributed by atoms with Crippen molar-refractivity contribution in [3.05, 3.63) is 76.4 Å². The van der Waals surface area contributed by atoms with Crippen molar-refractivity contribution in [2.45, 2.75) is 19.4 Å². The summed E-state index contributed by atoms with van der Waals surface area (Å²) in [4.78, 5) is 17.1. The molecule has 138 valence electrons. The monoisotopic (exact) mass is 380 g/mol. The van der Waals surface area contributed by atoms with Crippen molar-refractivity contribution in [3.63, 3.8) is 0 Å². The Morgan fingerprint density at radius 3 is 2.96 bits per heavy atom. The number of carbonyl (C=O) groups excluding carboxylic acids is 1. The van der Waals surface area contributed by atoms with Crippen LogP contribution in [0.3, 0.4) is 0 Å². The van der Waals surface area contributed by atoms with Crippen molar-refractivity contribution in [1.82, 2.24) is 10.3 Å². The smallest absolute Gasteiger partial charge is 0.253 e. The first-order chi connectivity index (χ1) is 13.1. The first-order valence-electron chi connectivity index (χ1n) is 9.09. The lowest BCUT2D eigenvalue weighted by molar-refractivity contribution is 0.0925. The number of amides is 1. The summed E-state index contributed by atoms with van der Waals surface area (Å²) in [5.74, 6) is 0.0622. The van der Waals surface area contributed by atoms with Gasteiger partial charge in [0.15, 0.2) is 0 Å². The quantitative estimate of drug-likeness (QED) is 0.738. The van der Waals surface area contributed by atoms with Crippen LogP contribution in [-0.4, -0.2) is 30.1 Å². The number of nitrogens with one attached hydrogen (secondary N) is 1. The molecule has 1 saturated heterocycles. The highest BCUT2D eigenvalue weighted by Gasteiger charge is 2.30. The zero-order valence-corrected chi connectivity index (χ0v) is 15.9. The molecule has 4 rings (SSSR count). The van der Waals surface area contributed by atoms with Gasteiger partial charge in [-0.3, -0.25) is 9.78 Å². The number of nitrogens with zero attached hydrogens (tertiary/aromatic N) is 1. The number of aromatic nitrogens is 1. The summed E-state index contributed by atoms with van der Waals surface area (Å²) >= 11 is 6.21. The number of pyridine rings is 1. The van der Waals surface area contributed by atoms with Crippen LogP contribution < -0.4 is 5.32 Å². The molecule has 1 fully saturated rings. The molecule has 1 aliphatic rings. The second-order valence-electron chi connectivity index (χ2n) is 7.05. The van der Waals surface area contributed by atoms with E-state index in [-0.39, 0.29) is 17.9 Å². The summed E-state index contributed by atoms with van der Waals surface area (Å²) < 4.78 is 5.68. The van der Waals surface area contributed by atoms with Crippen molar-refractivity contribution >= 4 is 28.4 Å². The predicted octanol–water partition coefficient (Wildman–Crippen LogP) is 4.18. The van der Waals surface area contributed by atoms with Gasteiger partial charge in [0.1, 0.15) is 0 Å². The minimum atomic E-state index is -0.149. The van der Waals surface area contributed by atoms with Crippen LogP contribution in [0.15, 0.2) is 54.7 Å². The number of benzene rings is 2. The normalized spacial score (nSPS) is 19.3. The van der Waals surface area contributed by atoms with E-state index in [2.05, 4.69) is 22.4 Å². The molecule has 2 atom stereocenters. The number of hydrogen-bond donors (Lipinski definition) is 1. The summed E-state index contributed by atoms with van der Waals surface area (Å²) in [7, 11) is 0. The molecule has 0 saturated carbocycles. The highest BCUT2D eigenvalue weighted by Crippen LogP contribution is 2.25. The molecule has 2 heterocycles. The van der Waals surface area contributed by atoms with Gasteiger partial charge in [-0.15, -0.1) is 0 Å². The second-order valence-corrected chi connectivity index (χ2v) is 7.46. The van der Waals surface area contributed by atoms with Crippen LogP contribution in [0.5, 0.6) is 0 Å². The fourth-order valence-corrected chi connectivity index (χ4v) is 3.84. The average Bonchev–Trinajstić information content (AvgIpc) is 3.10. The average molecular weight is 381 g/mol. The molecule has 1 aromatic heterocycles. The van der Waals surface area contributed by atoms with Gasteiger partial charge in [-0.2, -0.15) is 0 Å². The maximum atomic E-state index is 12.7. The fraction of sp³-hybridized carbons (Fsp3) is 0.273. The van der Waals surface area contributed by atoms with Crippen LogP contribution in [0.4, 0.5) is 0 Å². The van der Waals surface area contributed by atoms with E-state index >= 15 is 0 Å². The van der Waals surface area contributed by atoms with E-state index in [1.807, 2.05) is 43.5 Å². The third-order valence-electron chi connectivity index (χ3n) is 5.10. The first-order valence-corrected chi connectivity index (χ1v) is 9.47. The van der Waals surface area contributed by atoms with Crippen molar-refractivity contribution < 1.29 is 9.53 Å². The molecule has 27 heavy (non-hydrogen) atoms. The van der Waals surface area contributed by atoms with E-state index in [0.29, 0.717) is 23.8 Å². The van der Waals surface area contributed by atoms with Gasteiger partial charge in [0.25, 0.3) is 5.91 Å². The van der Waals surface area contributed by atoms with Gasteiger partial charge in [-0.25, -0.2) is 0 Å². The third-order valence-corrected chi connectivity index (χ3v) is 5.43. The van der Waals surface area contributed by atoms with E-state index < -0.39 is 0 Å². The number of carbonyl (C=O) groups is 1. The van der Waals surface area contributed by atoms with Crippen LogP contribution in [0.25, 0.3) is 10.9 Å². The van der Waals surface area contributed by atoms with Gasteiger partial charge in [-0.1, -0.05) is 41.4 Å². The minimum Gasteiger partial charge on any atom is -0.379 e. The van der Waals surface area contributed by atoms with Crippen LogP contribution >= 0.6 is 11.6 Å². The van der Waals surface area contributed by atoms with Gasteiger partial charge in [-0.05, 0) is 43.2 Å². The van der Waals surface area contributed by atoms with Gasteiger partial charge < -0.3 is 10.1 Å². The van der Waals surface area contributed by atoms with Crippen LogP contribution in [-0.2, 0) is 11.2 Å². The molecule has 0 aliphatic carbocycles. The third kappa shape index (κ3) is 3.82. The van der Waals surface area contributed by atoms with Gasteiger partial charge in [0, 0.05) is 17.5 Å². The first kappa shape index (κ1) is 18.0. The van der Waals surface area contributed by atoms with Gasteiger partial charge in [0.05, 0.1) is 35.4 Å². The summed E-state index contributed by atoms with van der Waals surface area (Å²) in [6.45, 7) is 3.09. The Balaban J connectivity index is 1.52. The molecule has 2 aromatic carbocycles. The molecular weight excluding hydrogens is 360 g/mol. The lowest BCUT2D eigenvalue weighted by atomic mass is 9.93. The Hall–Kier alpha value is -2.43. The Morgan fingerprint density at radius 2 is 2.07 bits per heavy atom. The standard InChI is InChI=1S/C22H21ClN2O2/c1-14-6-7-19(23)18(10-14)22(26)25-21-13-27-12-16(21)11-15-8-9-24-20-5-3-2-4-17(15)20/h2-10,16,21H,11-13H2,1H3,(H,25,26)/t16-,21-/m1/s1. The highest BCUT2D eigenvalue weighted by atomic mass is 35.5. The molecule has 0 bridgehead atoms. The second kappa shape index (κ2) is 7.67. The number of rotatable bonds is 4. The molecule has 4 nitrogen and oxygen atoms in total. The Morgan fingerprint density at radius 1 is 1.22 bits per heavy atom. The summed E-state index contributed by atoms with van der Waals surface area (Å²) in [6.07, 6.45) is 2.67. The lowest BCUT2D eigenvalue weighted by Crippen LogP contribution is -2.40. The SMILES string of the molecule is Cc1ccc(Cl)c(C(=O)N[C@@H]2COC[C@H]2Cc2ccnc3ccccc23)c1. The number of hydrogen-bond acceptors (Lipinski definition) is 3. The molecule has 3 aromatic rings. The van der Waals surface area contributed by atoms with Gasteiger partial charge >= 0.3 is 0 Å². The van der Waals surface area contributed by atoms with E-state index in [1.165, 1.54) is 5.56 Å². The minimum absolute atomic E-state index is 0.0407. The maximum Gasteiger partial charge on any atom is 0.253 e. The van der Waals surface area contributed by atoms with Crippen molar-refractivity contribution in [2.75, 3.05) is 13.2 Å². The number of ether oxygens (including phenoxy) is 1. The number of aryl methyl sites for hydroxylation is 1. The van der Waals surface area contributed by atoms with E-state index in [4.69, 9.17) is 16.3 Å². The van der Waals surface area contributed by atoms with Crippen molar-refractivity contribution in [3.8, 4) is 0 Å². The topological polar surface area (TPSA) is 51.2 Å². The lowest BCUT2D eigenvalue weighted by Gasteiger charge is -2.20. The van der Waals surface area contributed by atoms with Gasteiger partial charge in [0.2, 0.25) is 0 Å². The molecule has 1 aliphatic heterocycles. The Bertz CT molecular complexity index is 984. The Kier molecular flexibility index (Phi) is 5.10. The summed E-state index contributed by atoms with van der Waals surface area (Å²) in [5, 5.41) is 4.74. The van der Waals surface area contributed by atoms with Crippen LogP contribution in [0.2, 0.25) is 5.02 Å². The zero-order valence-electron chi connectivity index (χ0n) is 15.1. The molecule has 5 heteroatoms. The van der Waals surface area contributed by atoms with Crippen molar-refractivity contribution in [1.29, 1.82) is 0 Å².